The van der Waals surface area contributed by atoms with Gasteiger partial charge in [-0.1, -0.05) is 18.9 Å². The molecule has 6 heteroatoms. The van der Waals surface area contributed by atoms with Crippen LogP contribution in [0.4, 0.5) is 0 Å². The Hall–Kier alpha value is -2.21. The predicted molar refractivity (Wildman–Crippen MR) is 99.3 cm³/mol. The highest BCUT2D eigenvalue weighted by molar-refractivity contribution is 5.76. The number of pyridine rings is 1. The van der Waals surface area contributed by atoms with Gasteiger partial charge in [0.25, 0.3) is 0 Å². The molecule has 1 amide bonds. The van der Waals surface area contributed by atoms with Crippen LogP contribution >= 0.6 is 0 Å². The van der Waals surface area contributed by atoms with Gasteiger partial charge in [-0.2, -0.15) is 5.10 Å². The molecule has 26 heavy (non-hydrogen) atoms. The molecule has 3 heterocycles. The molecule has 0 bridgehead atoms. The van der Waals surface area contributed by atoms with Crippen molar-refractivity contribution in [3.8, 4) is 0 Å². The van der Waals surface area contributed by atoms with Crippen LogP contribution in [0.2, 0.25) is 0 Å². The van der Waals surface area contributed by atoms with Gasteiger partial charge in [-0.3, -0.25) is 19.4 Å². The largest absolute Gasteiger partial charge is 0.353 e. The number of amides is 1. The number of nitrogens with one attached hydrogen (secondary N) is 1. The second kappa shape index (κ2) is 7.99. The Labute approximate surface area is 154 Å². The van der Waals surface area contributed by atoms with Crippen molar-refractivity contribution in [1.82, 2.24) is 25.0 Å². The summed E-state index contributed by atoms with van der Waals surface area (Å²) in [6, 6.07) is 8.61. The highest BCUT2D eigenvalue weighted by atomic mass is 16.1. The number of carbonyl (C=O) groups excluding carboxylic acids is 1. The Balaban J connectivity index is 1.29. The van der Waals surface area contributed by atoms with Crippen molar-refractivity contribution < 1.29 is 4.79 Å². The zero-order valence-electron chi connectivity index (χ0n) is 15.2. The molecule has 0 aromatic carbocycles. The minimum Gasteiger partial charge on any atom is -0.353 e. The lowest BCUT2D eigenvalue weighted by Gasteiger charge is -2.27. The van der Waals surface area contributed by atoms with Crippen LogP contribution in [0.5, 0.6) is 0 Å². The fourth-order valence-corrected chi connectivity index (χ4v) is 3.97. The summed E-state index contributed by atoms with van der Waals surface area (Å²) in [5.74, 6) is 0.166. The molecule has 1 fully saturated rings. The van der Waals surface area contributed by atoms with Crippen molar-refractivity contribution in [3.63, 3.8) is 0 Å². The molecule has 2 aromatic rings. The maximum absolute atomic E-state index is 12.1. The van der Waals surface area contributed by atoms with Crippen LogP contribution in [-0.4, -0.2) is 38.2 Å². The van der Waals surface area contributed by atoms with E-state index in [1.807, 2.05) is 18.3 Å². The van der Waals surface area contributed by atoms with Crippen molar-refractivity contribution in [2.45, 2.75) is 64.2 Å². The normalized spacial score (nSPS) is 18.0. The maximum atomic E-state index is 12.1. The number of aryl methyl sites for hydroxylation is 1. The Morgan fingerprint density at radius 1 is 1.19 bits per heavy atom. The molecule has 0 spiro atoms. The molecule has 1 aliphatic heterocycles. The zero-order chi connectivity index (χ0) is 17.8. The highest BCUT2D eigenvalue weighted by Crippen LogP contribution is 2.18. The van der Waals surface area contributed by atoms with Crippen LogP contribution < -0.4 is 5.32 Å². The molecule has 6 nitrogen and oxygen atoms in total. The summed E-state index contributed by atoms with van der Waals surface area (Å²) in [6.45, 7) is 3.63. The maximum Gasteiger partial charge on any atom is 0.220 e. The number of hydrogen-bond acceptors (Lipinski definition) is 4. The van der Waals surface area contributed by atoms with E-state index in [1.54, 1.807) is 0 Å². The second-order valence-electron chi connectivity index (χ2n) is 7.43. The number of rotatable bonds is 6. The van der Waals surface area contributed by atoms with Gasteiger partial charge in [-0.05, 0) is 31.0 Å². The van der Waals surface area contributed by atoms with Gasteiger partial charge in [0.1, 0.15) is 0 Å². The van der Waals surface area contributed by atoms with Gasteiger partial charge in [0.05, 0.1) is 23.6 Å². The predicted octanol–water partition coefficient (Wildman–Crippen LogP) is 2.29. The van der Waals surface area contributed by atoms with Crippen molar-refractivity contribution in [1.29, 1.82) is 0 Å². The van der Waals surface area contributed by atoms with Gasteiger partial charge in [-0.15, -0.1) is 0 Å². The molecule has 0 saturated heterocycles. The quantitative estimate of drug-likeness (QED) is 0.865. The highest BCUT2D eigenvalue weighted by Gasteiger charge is 2.20. The van der Waals surface area contributed by atoms with Crippen molar-refractivity contribution in [2.24, 2.45) is 0 Å². The lowest BCUT2D eigenvalue weighted by Crippen LogP contribution is -2.33. The first-order valence-electron chi connectivity index (χ1n) is 9.73. The lowest BCUT2D eigenvalue weighted by atomic mass is 10.2. The number of aromatic nitrogens is 3. The fourth-order valence-electron chi connectivity index (χ4n) is 3.97. The van der Waals surface area contributed by atoms with Crippen LogP contribution in [0.3, 0.4) is 0 Å². The first kappa shape index (κ1) is 17.2. The third-order valence-corrected chi connectivity index (χ3v) is 5.37. The van der Waals surface area contributed by atoms with E-state index in [0.717, 1.165) is 56.8 Å². The van der Waals surface area contributed by atoms with Gasteiger partial charge < -0.3 is 5.32 Å². The average molecular weight is 353 g/mol. The molecule has 0 unspecified atom stereocenters. The summed E-state index contributed by atoms with van der Waals surface area (Å²) < 4.78 is 2.10. The molecule has 2 aromatic heterocycles. The van der Waals surface area contributed by atoms with Crippen LogP contribution in [0.25, 0.3) is 0 Å². The van der Waals surface area contributed by atoms with E-state index in [4.69, 9.17) is 5.10 Å². The summed E-state index contributed by atoms with van der Waals surface area (Å²) >= 11 is 0. The first-order valence-corrected chi connectivity index (χ1v) is 9.73. The molecule has 0 radical (unpaired) electrons. The third-order valence-electron chi connectivity index (χ3n) is 5.37. The van der Waals surface area contributed by atoms with E-state index in [-0.39, 0.29) is 5.91 Å². The molecule has 2 aliphatic rings. The second-order valence-corrected chi connectivity index (χ2v) is 7.43. The van der Waals surface area contributed by atoms with Gasteiger partial charge in [0.15, 0.2) is 0 Å². The standard InChI is InChI=1S/C20H27N5O/c26-20(22-16-5-1-2-6-16)9-8-17-13-19-15-24(11-12-25(19)23-17)14-18-7-3-4-10-21-18/h3-4,7,10,13,16H,1-2,5-6,8-9,11-12,14-15H2,(H,22,26). The van der Waals surface area contributed by atoms with Crippen molar-refractivity contribution >= 4 is 5.91 Å². The summed E-state index contributed by atoms with van der Waals surface area (Å²) in [4.78, 5) is 18.9. The topological polar surface area (TPSA) is 63.1 Å². The molecule has 1 N–H and O–H groups in total. The zero-order valence-corrected chi connectivity index (χ0v) is 15.2. The Kier molecular flexibility index (Phi) is 5.29. The molecule has 138 valence electrons. The van der Waals surface area contributed by atoms with Gasteiger partial charge >= 0.3 is 0 Å². The van der Waals surface area contributed by atoms with Crippen molar-refractivity contribution in [2.75, 3.05) is 6.54 Å². The molecular weight excluding hydrogens is 326 g/mol. The molecular formula is C20H27N5O. The molecule has 4 rings (SSSR count). The van der Waals surface area contributed by atoms with Crippen LogP contribution in [0.1, 0.15) is 49.2 Å². The fraction of sp³-hybridized carbons (Fsp3) is 0.550. The third kappa shape index (κ3) is 4.30. The minimum absolute atomic E-state index is 0.166. The number of fused-ring (bicyclic) bond motifs is 1. The Morgan fingerprint density at radius 3 is 2.88 bits per heavy atom. The lowest BCUT2D eigenvalue weighted by molar-refractivity contribution is -0.121. The van der Waals surface area contributed by atoms with E-state index in [9.17, 15) is 4.79 Å². The average Bonchev–Trinajstić information content (AvgIpc) is 3.30. The van der Waals surface area contributed by atoms with Crippen LogP contribution in [0, 0.1) is 0 Å². The van der Waals surface area contributed by atoms with Crippen LogP contribution in [-0.2, 0) is 30.8 Å². The SMILES string of the molecule is O=C(CCc1cc2n(n1)CCN(Cc1ccccn1)C2)NC1CCCC1. The van der Waals surface area contributed by atoms with Gasteiger partial charge in [0, 0.05) is 44.7 Å². The van der Waals surface area contributed by atoms with E-state index < -0.39 is 0 Å². The van der Waals surface area contributed by atoms with Crippen LogP contribution in [0.15, 0.2) is 30.5 Å². The Bertz CT molecular complexity index is 736. The van der Waals surface area contributed by atoms with Gasteiger partial charge in [-0.25, -0.2) is 0 Å². The number of hydrogen-bond donors (Lipinski definition) is 1. The number of nitrogens with zero attached hydrogens (tertiary/aromatic N) is 4. The van der Waals surface area contributed by atoms with E-state index >= 15 is 0 Å². The summed E-state index contributed by atoms with van der Waals surface area (Å²) in [6.07, 6.45) is 7.86. The minimum atomic E-state index is 0.166. The Morgan fingerprint density at radius 2 is 2.08 bits per heavy atom. The summed E-state index contributed by atoms with van der Waals surface area (Å²) in [7, 11) is 0. The summed E-state index contributed by atoms with van der Waals surface area (Å²) in [5, 5.41) is 7.85. The smallest absolute Gasteiger partial charge is 0.220 e. The van der Waals surface area contributed by atoms with Crippen molar-refractivity contribution in [3.05, 3.63) is 47.5 Å². The summed E-state index contributed by atoms with van der Waals surface area (Å²) in [5.41, 5.74) is 3.36. The first-order chi connectivity index (χ1) is 12.8. The molecule has 0 atom stereocenters. The van der Waals surface area contributed by atoms with E-state index in [0.29, 0.717) is 12.5 Å². The van der Waals surface area contributed by atoms with E-state index in [2.05, 4.69) is 32.0 Å². The molecule has 1 aliphatic carbocycles. The van der Waals surface area contributed by atoms with Gasteiger partial charge in [0.2, 0.25) is 5.91 Å². The monoisotopic (exact) mass is 353 g/mol. The van der Waals surface area contributed by atoms with E-state index in [1.165, 1.54) is 18.5 Å². The molecule has 1 saturated carbocycles. The number of carbonyl (C=O) groups is 1.